The predicted octanol–water partition coefficient (Wildman–Crippen LogP) is 5.35. The second-order valence-electron chi connectivity index (χ2n) is 7.77. The van der Waals surface area contributed by atoms with Crippen molar-refractivity contribution in [3.8, 4) is 16.9 Å². The van der Waals surface area contributed by atoms with Crippen LogP contribution >= 0.6 is 0 Å². The number of amides is 1. The van der Waals surface area contributed by atoms with Gasteiger partial charge in [0.1, 0.15) is 11.4 Å². The summed E-state index contributed by atoms with van der Waals surface area (Å²) < 4.78 is 5.18. The molecule has 0 spiro atoms. The van der Waals surface area contributed by atoms with Crippen LogP contribution in [0.3, 0.4) is 0 Å². The molecule has 154 valence electrons. The normalized spacial score (nSPS) is 14.3. The number of nitrogens with one attached hydrogen (secondary N) is 2. The summed E-state index contributed by atoms with van der Waals surface area (Å²) in [6, 6.07) is 17.0. The molecule has 2 N–H and O–H groups in total. The lowest BCUT2D eigenvalue weighted by atomic mass is 9.84. The molecule has 2 aromatic carbocycles. The molecule has 1 fully saturated rings. The van der Waals surface area contributed by atoms with Gasteiger partial charge in [-0.1, -0.05) is 43.5 Å². The zero-order valence-corrected chi connectivity index (χ0v) is 17.1. The summed E-state index contributed by atoms with van der Waals surface area (Å²) in [5, 5.41) is 2.75. The Morgan fingerprint density at radius 3 is 2.33 bits per heavy atom. The largest absolute Gasteiger partial charge is 0.497 e. The monoisotopic (exact) mass is 402 g/mol. The van der Waals surface area contributed by atoms with Crippen molar-refractivity contribution < 1.29 is 9.53 Å². The Hall–Kier alpha value is -3.34. The Morgan fingerprint density at radius 1 is 0.967 bits per heavy atom. The molecular formula is C25H26N2O3. The molecule has 3 aromatic rings. The van der Waals surface area contributed by atoms with Crippen molar-refractivity contribution in [2.24, 2.45) is 0 Å². The molecular weight excluding hydrogens is 376 g/mol. The minimum absolute atomic E-state index is 0.227. The third-order valence-corrected chi connectivity index (χ3v) is 5.82. The average Bonchev–Trinajstić information content (AvgIpc) is 2.81. The van der Waals surface area contributed by atoms with E-state index in [2.05, 4.69) is 10.3 Å². The number of ether oxygens (including phenoxy) is 1. The van der Waals surface area contributed by atoms with Crippen LogP contribution in [0, 0.1) is 0 Å². The number of rotatable bonds is 5. The van der Waals surface area contributed by atoms with Crippen LogP contribution in [-0.2, 0) is 0 Å². The first-order valence-corrected chi connectivity index (χ1v) is 10.4. The molecule has 1 aromatic heterocycles. The number of benzene rings is 2. The van der Waals surface area contributed by atoms with Gasteiger partial charge in [-0.25, -0.2) is 0 Å². The molecule has 1 aliphatic carbocycles. The van der Waals surface area contributed by atoms with Crippen molar-refractivity contribution in [1.82, 2.24) is 4.98 Å². The highest BCUT2D eigenvalue weighted by atomic mass is 16.5. The number of aromatic nitrogens is 1. The van der Waals surface area contributed by atoms with Gasteiger partial charge in [0.2, 0.25) is 0 Å². The Bertz CT molecular complexity index is 1060. The zero-order chi connectivity index (χ0) is 20.9. The van der Waals surface area contributed by atoms with Gasteiger partial charge in [-0.05, 0) is 60.2 Å². The van der Waals surface area contributed by atoms with Crippen LogP contribution in [0.1, 0.15) is 53.9 Å². The molecule has 1 saturated carbocycles. The fourth-order valence-corrected chi connectivity index (χ4v) is 4.06. The third-order valence-electron chi connectivity index (χ3n) is 5.82. The molecule has 0 saturated heterocycles. The molecule has 0 atom stereocenters. The van der Waals surface area contributed by atoms with E-state index in [1.807, 2.05) is 48.5 Å². The second kappa shape index (κ2) is 8.99. The van der Waals surface area contributed by atoms with Crippen molar-refractivity contribution in [3.05, 3.63) is 82.3 Å². The quantitative estimate of drug-likeness (QED) is 0.604. The Kier molecular flexibility index (Phi) is 5.98. The zero-order valence-electron chi connectivity index (χ0n) is 17.1. The van der Waals surface area contributed by atoms with Crippen LogP contribution in [-0.4, -0.2) is 18.0 Å². The summed E-state index contributed by atoms with van der Waals surface area (Å²) in [5.74, 6) is 1.07. The fourth-order valence-electron chi connectivity index (χ4n) is 4.06. The number of methoxy groups -OCH3 is 1. The van der Waals surface area contributed by atoms with Crippen molar-refractivity contribution in [2.45, 2.75) is 38.0 Å². The second-order valence-corrected chi connectivity index (χ2v) is 7.77. The lowest BCUT2D eigenvalue weighted by Crippen LogP contribution is -2.19. The van der Waals surface area contributed by atoms with E-state index < -0.39 is 0 Å². The van der Waals surface area contributed by atoms with Crippen molar-refractivity contribution in [2.75, 3.05) is 12.4 Å². The lowest BCUT2D eigenvalue weighted by Gasteiger charge is -2.22. The van der Waals surface area contributed by atoms with E-state index >= 15 is 0 Å². The summed E-state index contributed by atoms with van der Waals surface area (Å²) >= 11 is 0. The molecule has 5 heteroatoms. The third kappa shape index (κ3) is 4.46. The summed E-state index contributed by atoms with van der Waals surface area (Å²) in [4.78, 5) is 27.6. The molecule has 4 rings (SSSR count). The SMILES string of the molecule is COc1ccc(-c2c[nH]c(=O)c(NC(=O)c3ccc(C4CCCCC4)cc3)c2)cc1. The number of hydrogen-bond acceptors (Lipinski definition) is 3. The van der Waals surface area contributed by atoms with Gasteiger partial charge >= 0.3 is 0 Å². The highest BCUT2D eigenvalue weighted by molar-refractivity contribution is 6.04. The van der Waals surface area contributed by atoms with Crippen molar-refractivity contribution in [3.63, 3.8) is 0 Å². The van der Waals surface area contributed by atoms with E-state index in [0.29, 0.717) is 11.5 Å². The van der Waals surface area contributed by atoms with Crippen LogP contribution in [0.15, 0.2) is 65.6 Å². The Labute approximate surface area is 176 Å². The highest BCUT2D eigenvalue weighted by Gasteiger charge is 2.16. The smallest absolute Gasteiger partial charge is 0.271 e. The van der Waals surface area contributed by atoms with Gasteiger partial charge < -0.3 is 15.0 Å². The van der Waals surface area contributed by atoms with Gasteiger partial charge in [-0.3, -0.25) is 9.59 Å². The summed E-state index contributed by atoms with van der Waals surface area (Å²) in [7, 11) is 1.62. The molecule has 5 nitrogen and oxygen atoms in total. The molecule has 0 bridgehead atoms. The minimum atomic E-state index is -0.334. The van der Waals surface area contributed by atoms with Crippen LogP contribution in [0.25, 0.3) is 11.1 Å². The van der Waals surface area contributed by atoms with Gasteiger partial charge in [-0.2, -0.15) is 0 Å². The number of H-pyrrole nitrogens is 1. The molecule has 1 heterocycles. The summed E-state index contributed by atoms with van der Waals surface area (Å²) in [5.41, 5.74) is 3.46. The van der Waals surface area contributed by atoms with Crippen molar-refractivity contribution >= 4 is 11.6 Å². The van der Waals surface area contributed by atoms with Gasteiger partial charge in [0.25, 0.3) is 11.5 Å². The number of hydrogen-bond donors (Lipinski definition) is 2. The molecule has 0 aliphatic heterocycles. The number of aromatic amines is 1. The fraction of sp³-hybridized carbons (Fsp3) is 0.280. The van der Waals surface area contributed by atoms with E-state index in [4.69, 9.17) is 4.74 Å². The number of carbonyl (C=O) groups is 1. The number of carbonyl (C=O) groups excluding carboxylic acids is 1. The Morgan fingerprint density at radius 2 is 1.67 bits per heavy atom. The molecule has 0 unspecified atom stereocenters. The van der Waals surface area contributed by atoms with Crippen LogP contribution in [0.4, 0.5) is 5.69 Å². The molecule has 1 aliphatic rings. The number of anilines is 1. The van der Waals surface area contributed by atoms with E-state index in [1.165, 1.54) is 37.7 Å². The van der Waals surface area contributed by atoms with Gasteiger partial charge in [0.15, 0.2) is 0 Å². The van der Waals surface area contributed by atoms with E-state index in [-0.39, 0.29) is 17.2 Å². The first-order valence-electron chi connectivity index (χ1n) is 10.4. The first-order chi connectivity index (χ1) is 14.6. The Balaban J connectivity index is 1.50. The van der Waals surface area contributed by atoms with Gasteiger partial charge in [0, 0.05) is 17.3 Å². The van der Waals surface area contributed by atoms with Crippen molar-refractivity contribution in [1.29, 1.82) is 0 Å². The van der Waals surface area contributed by atoms with Crippen LogP contribution < -0.4 is 15.6 Å². The standard InChI is InChI=1S/C25H26N2O3/c1-30-22-13-11-19(12-14-22)21-15-23(25(29)26-16-21)27-24(28)20-9-7-18(8-10-20)17-5-3-2-4-6-17/h7-17H,2-6H2,1H3,(H,26,29)(H,27,28). The van der Waals surface area contributed by atoms with Gasteiger partial charge in [0.05, 0.1) is 7.11 Å². The first kappa shape index (κ1) is 20.0. The van der Waals surface area contributed by atoms with E-state index in [0.717, 1.165) is 16.9 Å². The summed E-state index contributed by atoms with van der Waals surface area (Å²) in [6.07, 6.45) is 7.96. The molecule has 0 radical (unpaired) electrons. The molecule has 30 heavy (non-hydrogen) atoms. The van der Waals surface area contributed by atoms with Crippen LogP contribution in [0.5, 0.6) is 5.75 Å². The highest BCUT2D eigenvalue weighted by Crippen LogP contribution is 2.32. The predicted molar refractivity (Wildman–Crippen MR) is 119 cm³/mol. The minimum Gasteiger partial charge on any atom is -0.497 e. The maximum Gasteiger partial charge on any atom is 0.271 e. The topological polar surface area (TPSA) is 71.2 Å². The van der Waals surface area contributed by atoms with Crippen LogP contribution in [0.2, 0.25) is 0 Å². The lowest BCUT2D eigenvalue weighted by molar-refractivity contribution is 0.102. The van der Waals surface area contributed by atoms with E-state index in [1.54, 1.807) is 19.4 Å². The average molecular weight is 402 g/mol. The summed E-state index contributed by atoms with van der Waals surface area (Å²) in [6.45, 7) is 0. The van der Waals surface area contributed by atoms with Gasteiger partial charge in [-0.15, -0.1) is 0 Å². The molecule has 1 amide bonds. The number of pyridine rings is 1. The maximum absolute atomic E-state index is 12.7. The van der Waals surface area contributed by atoms with E-state index in [9.17, 15) is 9.59 Å². The maximum atomic E-state index is 12.7.